The lowest BCUT2D eigenvalue weighted by Gasteiger charge is -2.23. The van der Waals surface area contributed by atoms with Gasteiger partial charge in [-0.1, -0.05) is 23.7 Å². The number of benzene rings is 2. The molecule has 1 aliphatic heterocycles. The highest BCUT2D eigenvalue weighted by Gasteiger charge is 2.29. The van der Waals surface area contributed by atoms with Crippen molar-refractivity contribution in [3.8, 4) is 0 Å². The number of halogens is 2. The average molecular weight is 430 g/mol. The highest BCUT2D eigenvalue weighted by Crippen LogP contribution is 2.23. The average Bonchev–Trinajstić information content (AvgIpc) is 3.09. The van der Waals surface area contributed by atoms with E-state index in [4.69, 9.17) is 17.3 Å². The van der Waals surface area contributed by atoms with Gasteiger partial charge in [0, 0.05) is 29.7 Å². The molecule has 0 bridgehead atoms. The van der Waals surface area contributed by atoms with Crippen LogP contribution in [0.2, 0.25) is 5.02 Å². The summed E-state index contributed by atoms with van der Waals surface area (Å²) in [5.41, 5.74) is 6.42. The Hall–Kier alpha value is -1.80. The Kier molecular flexibility index (Phi) is 7.11. The summed E-state index contributed by atoms with van der Waals surface area (Å²) >= 11 is 5.89. The number of hydrogen-bond donors (Lipinski definition) is 2. The van der Waals surface area contributed by atoms with E-state index in [0.29, 0.717) is 29.4 Å². The summed E-state index contributed by atoms with van der Waals surface area (Å²) in [7, 11) is -3.83. The van der Waals surface area contributed by atoms with Crippen LogP contribution in [0.1, 0.15) is 23.2 Å². The first kappa shape index (κ1) is 21.5. The van der Waals surface area contributed by atoms with Gasteiger partial charge in [-0.25, -0.2) is 8.42 Å². The van der Waals surface area contributed by atoms with Crippen molar-refractivity contribution >= 4 is 45.6 Å². The van der Waals surface area contributed by atoms with Gasteiger partial charge in [-0.2, -0.15) is 0 Å². The van der Waals surface area contributed by atoms with Gasteiger partial charge in [0.05, 0.1) is 10.6 Å². The van der Waals surface area contributed by atoms with Crippen molar-refractivity contribution in [1.82, 2.24) is 4.90 Å². The first-order valence-electron chi connectivity index (χ1n) is 8.30. The van der Waals surface area contributed by atoms with E-state index in [1.165, 1.54) is 18.2 Å². The molecule has 0 radical (unpaired) electrons. The third kappa shape index (κ3) is 4.93. The predicted octanol–water partition coefficient (Wildman–Crippen LogP) is 3.13. The maximum absolute atomic E-state index is 12.7. The molecule has 0 spiro atoms. The van der Waals surface area contributed by atoms with Gasteiger partial charge < -0.3 is 10.6 Å². The van der Waals surface area contributed by atoms with Crippen molar-refractivity contribution in [2.75, 3.05) is 17.8 Å². The molecule has 146 valence electrons. The van der Waals surface area contributed by atoms with Crippen LogP contribution in [0.3, 0.4) is 0 Å². The maximum Gasteiger partial charge on any atom is 0.261 e. The Balaban J connectivity index is 0.00000261. The van der Waals surface area contributed by atoms with Crippen molar-refractivity contribution in [3.05, 3.63) is 59.1 Å². The van der Waals surface area contributed by atoms with Crippen LogP contribution in [-0.4, -0.2) is 38.4 Å². The number of nitrogens with zero attached hydrogens (tertiary/aromatic N) is 1. The highest BCUT2D eigenvalue weighted by atomic mass is 35.5. The summed E-state index contributed by atoms with van der Waals surface area (Å²) < 4.78 is 27.7. The van der Waals surface area contributed by atoms with E-state index >= 15 is 0 Å². The lowest BCUT2D eigenvalue weighted by molar-refractivity contribution is 0.0741. The molecule has 0 aromatic heterocycles. The Morgan fingerprint density at radius 3 is 2.67 bits per heavy atom. The summed E-state index contributed by atoms with van der Waals surface area (Å²) in [5, 5.41) is 0.427. The summed E-state index contributed by atoms with van der Waals surface area (Å²) in [5.74, 6) is -0.197. The topological polar surface area (TPSA) is 92.5 Å². The molecular weight excluding hydrogens is 409 g/mol. The van der Waals surface area contributed by atoms with Crippen molar-refractivity contribution in [1.29, 1.82) is 0 Å². The van der Waals surface area contributed by atoms with Crippen LogP contribution in [0.4, 0.5) is 5.69 Å². The summed E-state index contributed by atoms with van der Waals surface area (Å²) in [4.78, 5) is 14.5. The molecule has 1 amide bonds. The molecule has 1 aliphatic rings. The number of nitrogens with one attached hydrogen (secondary N) is 1. The first-order valence-corrected chi connectivity index (χ1v) is 10.2. The Bertz CT molecular complexity index is 922. The molecule has 9 heteroatoms. The van der Waals surface area contributed by atoms with E-state index in [2.05, 4.69) is 4.72 Å². The van der Waals surface area contributed by atoms with Gasteiger partial charge in [-0.3, -0.25) is 9.52 Å². The van der Waals surface area contributed by atoms with Gasteiger partial charge in [0.25, 0.3) is 15.9 Å². The summed E-state index contributed by atoms with van der Waals surface area (Å²) in [6.07, 6.45) is 1.78. The SMILES string of the molecule is Cl.NCC1CCCN1C(=O)c1cccc(S(=O)(=O)Nc2cccc(Cl)c2)c1. The van der Waals surface area contributed by atoms with Gasteiger partial charge in [0.15, 0.2) is 0 Å². The van der Waals surface area contributed by atoms with Crippen LogP contribution in [0.5, 0.6) is 0 Å². The number of carbonyl (C=O) groups is 1. The number of carbonyl (C=O) groups excluding carboxylic acids is 1. The van der Waals surface area contributed by atoms with Crippen LogP contribution in [0.25, 0.3) is 0 Å². The third-order valence-electron chi connectivity index (χ3n) is 4.38. The van der Waals surface area contributed by atoms with E-state index in [0.717, 1.165) is 12.8 Å². The number of rotatable bonds is 5. The lowest BCUT2D eigenvalue weighted by Crippen LogP contribution is -2.39. The quantitative estimate of drug-likeness (QED) is 0.763. The summed E-state index contributed by atoms with van der Waals surface area (Å²) in [6.45, 7) is 1.04. The largest absolute Gasteiger partial charge is 0.334 e. The van der Waals surface area contributed by atoms with Crippen LogP contribution in [0, 0.1) is 0 Å². The van der Waals surface area contributed by atoms with Crippen LogP contribution in [0.15, 0.2) is 53.4 Å². The van der Waals surface area contributed by atoms with E-state index in [1.54, 1.807) is 35.2 Å². The molecule has 3 rings (SSSR count). The van der Waals surface area contributed by atoms with E-state index in [-0.39, 0.29) is 29.3 Å². The lowest BCUT2D eigenvalue weighted by atomic mass is 10.1. The predicted molar refractivity (Wildman–Crippen MR) is 109 cm³/mol. The second kappa shape index (κ2) is 8.93. The molecule has 1 saturated heterocycles. The minimum atomic E-state index is -3.83. The standard InChI is InChI=1S/C18H20ClN3O3S.ClH/c19-14-5-2-6-15(11-14)21-26(24,25)17-8-1-4-13(10-17)18(23)22-9-3-7-16(22)12-20;/h1-2,4-6,8,10-11,16,21H,3,7,9,12,20H2;1H. The van der Waals surface area contributed by atoms with Crippen molar-refractivity contribution in [2.45, 2.75) is 23.8 Å². The van der Waals surface area contributed by atoms with E-state index < -0.39 is 10.0 Å². The Morgan fingerprint density at radius 1 is 1.22 bits per heavy atom. The molecule has 0 aliphatic carbocycles. The fourth-order valence-corrected chi connectivity index (χ4v) is 4.36. The number of likely N-dealkylation sites (tertiary alicyclic amines) is 1. The highest BCUT2D eigenvalue weighted by molar-refractivity contribution is 7.92. The zero-order valence-electron chi connectivity index (χ0n) is 14.5. The molecule has 27 heavy (non-hydrogen) atoms. The zero-order chi connectivity index (χ0) is 18.7. The van der Waals surface area contributed by atoms with Crippen molar-refractivity contribution in [2.24, 2.45) is 5.73 Å². The fourth-order valence-electron chi connectivity index (χ4n) is 3.08. The second-order valence-corrected chi connectivity index (χ2v) is 8.29. The number of amides is 1. The summed E-state index contributed by atoms with van der Waals surface area (Å²) in [6, 6.07) is 12.5. The second-order valence-electron chi connectivity index (χ2n) is 6.17. The molecular formula is C18H21Cl2N3O3S. The van der Waals surface area contributed by atoms with Gasteiger partial charge in [-0.15, -0.1) is 12.4 Å². The van der Waals surface area contributed by atoms with Crippen molar-refractivity contribution < 1.29 is 13.2 Å². The Labute approximate surface area is 170 Å². The van der Waals surface area contributed by atoms with Crippen LogP contribution >= 0.6 is 24.0 Å². The smallest absolute Gasteiger partial charge is 0.261 e. The molecule has 1 heterocycles. The van der Waals surface area contributed by atoms with Gasteiger partial charge in [0.1, 0.15) is 0 Å². The molecule has 1 unspecified atom stereocenters. The molecule has 0 saturated carbocycles. The zero-order valence-corrected chi connectivity index (χ0v) is 16.9. The molecule has 1 atom stereocenters. The number of anilines is 1. The monoisotopic (exact) mass is 429 g/mol. The van der Waals surface area contributed by atoms with Crippen molar-refractivity contribution in [3.63, 3.8) is 0 Å². The van der Waals surface area contributed by atoms with Crippen LogP contribution < -0.4 is 10.5 Å². The molecule has 2 aromatic carbocycles. The van der Waals surface area contributed by atoms with Gasteiger partial charge in [0.2, 0.25) is 0 Å². The van der Waals surface area contributed by atoms with Gasteiger partial charge >= 0.3 is 0 Å². The third-order valence-corrected chi connectivity index (χ3v) is 5.99. The Morgan fingerprint density at radius 2 is 1.96 bits per heavy atom. The maximum atomic E-state index is 12.7. The van der Waals surface area contributed by atoms with E-state index in [1.807, 2.05) is 0 Å². The number of nitrogens with two attached hydrogens (primary N) is 1. The number of hydrogen-bond acceptors (Lipinski definition) is 4. The minimum absolute atomic E-state index is 0. The van der Waals surface area contributed by atoms with Gasteiger partial charge in [-0.05, 0) is 49.2 Å². The number of sulfonamides is 1. The molecule has 1 fully saturated rings. The molecule has 3 N–H and O–H groups in total. The minimum Gasteiger partial charge on any atom is -0.334 e. The van der Waals surface area contributed by atoms with Crippen LogP contribution in [-0.2, 0) is 10.0 Å². The normalized spacial score (nSPS) is 16.7. The molecule has 2 aromatic rings. The van der Waals surface area contributed by atoms with E-state index in [9.17, 15) is 13.2 Å². The molecule has 6 nitrogen and oxygen atoms in total. The first-order chi connectivity index (χ1) is 12.4. The fraction of sp³-hybridized carbons (Fsp3) is 0.278.